The van der Waals surface area contributed by atoms with E-state index in [1.54, 1.807) is 7.11 Å². The third-order valence-electron chi connectivity index (χ3n) is 1.94. The van der Waals surface area contributed by atoms with Gasteiger partial charge in [-0.3, -0.25) is 0 Å². The molecule has 3 heteroatoms. The van der Waals surface area contributed by atoms with Crippen molar-refractivity contribution in [1.29, 1.82) is 0 Å². The Kier molecular flexibility index (Phi) is 5.29. The van der Waals surface area contributed by atoms with E-state index in [1.807, 2.05) is 12.4 Å². The maximum Gasteiger partial charge on any atom is 0.0462 e. The molecule has 1 rings (SSSR count). The van der Waals surface area contributed by atoms with E-state index in [0.717, 1.165) is 26.1 Å². The van der Waals surface area contributed by atoms with Gasteiger partial charge < -0.3 is 15.0 Å². The molecule has 0 radical (unpaired) electrons. The van der Waals surface area contributed by atoms with Gasteiger partial charge in [0.25, 0.3) is 0 Å². The summed E-state index contributed by atoms with van der Waals surface area (Å²) >= 11 is 0. The second kappa shape index (κ2) is 6.69. The topological polar surface area (TPSA) is 37.0 Å². The van der Waals surface area contributed by atoms with Crippen LogP contribution in [-0.4, -0.2) is 25.2 Å². The van der Waals surface area contributed by atoms with Gasteiger partial charge in [-0.25, -0.2) is 0 Å². The molecule has 0 saturated carbocycles. The molecular formula is C10H18N2O. The van der Waals surface area contributed by atoms with E-state index in [9.17, 15) is 0 Å². The minimum atomic E-state index is 0.867. The molecule has 2 N–H and O–H groups in total. The third-order valence-corrected chi connectivity index (χ3v) is 1.94. The highest BCUT2D eigenvalue weighted by atomic mass is 16.5. The first kappa shape index (κ1) is 10.3. The Bertz CT molecular complexity index is 197. The standard InChI is InChI=1S/C10H18N2O/c1-13-7-3-2-5-11-8-10-4-6-12-9-10/h4,6,9,11-12H,2-3,5,7-8H2,1H3. The number of rotatable bonds is 7. The van der Waals surface area contributed by atoms with E-state index < -0.39 is 0 Å². The van der Waals surface area contributed by atoms with E-state index in [2.05, 4.69) is 16.4 Å². The monoisotopic (exact) mass is 182 g/mol. The van der Waals surface area contributed by atoms with Crippen LogP contribution in [0.4, 0.5) is 0 Å². The molecule has 0 aliphatic carbocycles. The van der Waals surface area contributed by atoms with Crippen LogP contribution in [0.5, 0.6) is 0 Å². The zero-order chi connectivity index (χ0) is 9.36. The highest BCUT2D eigenvalue weighted by Crippen LogP contribution is 1.95. The molecule has 0 aliphatic rings. The van der Waals surface area contributed by atoms with Gasteiger partial charge in [0, 0.05) is 32.7 Å². The van der Waals surface area contributed by atoms with Crippen molar-refractivity contribution in [1.82, 2.24) is 10.3 Å². The van der Waals surface area contributed by atoms with Crippen molar-refractivity contribution in [3.8, 4) is 0 Å². The fraction of sp³-hybridized carbons (Fsp3) is 0.600. The molecule has 0 aliphatic heterocycles. The van der Waals surface area contributed by atoms with Gasteiger partial charge in [-0.1, -0.05) is 0 Å². The van der Waals surface area contributed by atoms with E-state index in [-0.39, 0.29) is 0 Å². The summed E-state index contributed by atoms with van der Waals surface area (Å²) in [6, 6.07) is 2.09. The fourth-order valence-corrected chi connectivity index (χ4v) is 1.20. The summed E-state index contributed by atoms with van der Waals surface area (Å²) in [5, 5.41) is 3.37. The van der Waals surface area contributed by atoms with Gasteiger partial charge in [-0.05, 0) is 31.0 Å². The molecule has 3 nitrogen and oxygen atoms in total. The summed E-state index contributed by atoms with van der Waals surface area (Å²) < 4.78 is 4.96. The van der Waals surface area contributed by atoms with Crippen molar-refractivity contribution in [2.75, 3.05) is 20.3 Å². The number of H-pyrrole nitrogens is 1. The van der Waals surface area contributed by atoms with Crippen molar-refractivity contribution >= 4 is 0 Å². The first-order valence-electron chi connectivity index (χ1n) is 4.75. The second-order valence-electron chi connectivity index (χ2n) is 3.10. The molecule has 1 heterocycles. The van der Waals surface area contributed by atoms with Crippen LogP contribution in [-0.2, 0) is 11.3 Å². The van der Waals surface area contributed by atoms with Crippen molar-refractivity contribution in [2.24, 2.45) is 0 Å². The number of hydrogen-bond acceptors (Lipinski definition) is 2. The normalized spacial score (nSPS) is 10.5. The van der Waals surface area contributed by atoms with Crippen molar-refractivity contribution < 1.29 is 4.74 Å². The Morgan fingerprint density at radius 2 is 2.38 bits per heavy atom. The Morgan fingerprint density at radius 3 is 3.08 bits per heavy atom. The van der Waals surface area contributed by atoms with Crippen LogP contribution in [0.3, 0.4) is 0 Å². The Balaban J connectivity index is 1.90. The van der Waals surface area contributed by atoms with Crippen LogP contribution in [0.1, 0.15) is 18.4 Å². The number of methoxy groups -OCH3 is 1. The van der Waals surface area contributed by atoms with Crippen molar-refractivity contribution in [3.63, 3.8) is 0 Å². The average Bonchev–Trinajstić information content (AvgIpc) is 2.63. The number of ether oxygens (including phenoxy) is 1. The predicted octanol–water partition coefficient (Wildman–Crippen LogP) is 1.53. The van der Waals surface area contributed by atoms with Gasteiger partial charge in [-0.15, -0.1) is 0 Å². The van der Waals surface area contributed by atoms with Gasteiger partial charge in [0.1, 0.15) is 0 Å². The van der Waals surface area contributed by atoms with Crippen LogP contribution >= 0.6 is 0 Å². The lowest BCUT2D eigenvalue weighted by Gasteiger charge is -2.02. The molecule has 1 aromatic rings. The van der Waals surface area contributed by atoms with Crippen LogP contribution in [0.25, 0.3) is 0 Å². The molecule has 0 saturated heterocycles. The largest absolute Gasteiger partial charge is 0.385 e. The predicted molar refractivity (Wildman–Crippen MR) is 53.6 cm³/mol. The lowest BCUT2D eigenvalue weighted by molar-refractivity contribution is 0.192. The molecule has 0 fully saturated rings. The maximum absolute atomic E-state index is 4.96. The third kappa shape index (κ3) is 4.70. The van der Waals surface area contributed by atoms with Gasteiger partial charge in [0.2, 0.25) is 0 Å². The van der Waals surface area contributed by atoms with Crippen LogP contribution in [0.15, 0.2) is 18.5 Å². The molecular weight excluding hydrogens is 164 g/mol. The summed E-state index contributed by atoms with van der Waals surface area (Å²) in [5.74, 6) is 0. The SMILES string of the molecule is COCCCCNCc1cc[nH]c1. The van der Waals surface area contributed by atoms with Crippen molar-refractivity contribution in [2.45, 2.75) is 19.4 Å². The first-order valence-corrected chi connectivity index (χ1v) is 4.75. The summed E-state index contributed by atoms with van der Waals surface area (Å²) in [6.45, 7) is 2.89. The molecule has 0 spiro atoms. The number of unbranched alkanes of at least 4 members (excludes halogenated alkanes) is 1. The number of aromatic nitrogens is 1. The average molecular weight is 182 g/mol. The zero-order valence-corrected chi connectivity index (χ0v) is 8.18. The van der Waals surface area contributed by atoms with Crippen LogP contribution in [0.2, 0.25) is 0 Å². The fourth-order valence-electron chi connectivity index (χ4n) is 1.20. The smallest absolute Gasteiger partial charge is 0.0462 e. The van der Waals surface area contributed by atoms with Gasteiger partial charge in [0.15, 0.2) is 0 Å². The van der Waals surface area contributed by atoms with Crippen molar-refractivity contribution in [3.05, 3.63) is 24.0 Å². The maximum atomic E-state index is 4.96. The summed E-state index contributed by atoms with van der Waals surface area (Å²) in [6.07, 6.45) is 6.28. The second-order valence-corrected chi connectivity index (χ2v) is 3.10. The Hall–Kier alpha value is -0.800. The van der Waals surface area contributed by atoms with E-state index in [1.165, 1.54) is 12.0 Å². The highest BCUT2D eigenvalue weighted by Gasteiger charge is 1.91. The van der Waals surface area contributed by atoms with E-state index in [4.69, 9.17) is 4.74 Å². The number of nitrogens with one attached hydrogen (secondary N) is 2. The van der Waals surface area contributed by atoms with Gasteiger partial charge in [-0.2, -0.15) is 0 Å². The molecule has 0 aromatic carbocycles. The highest BCUT2D eigenvalue weighted by molar-refractivity contribution is 5.07. The number of hydrogen-bond donors (Lipinski definition) is 2. The van der Waals surface area contributed by atoms with E-state index in [0.29, 0.717) is 0 Å². The molecule has 0 atom stereocenters. The van der Waals surface area contributed by atoms with Crippen LogP contribution < -0.4 is 5.32 Å². The Morgan fingerprint density at radius 1 is 1.46 bits per heavy atom. The minimum Gasteiger partial charge on any atom is -0.385 e. The van der Waals surface area contributed by atoms with Gasteiger partial charge in [0.05, 0.1) is 0 Å². The molecule has 0 unspecified atom stereocenters. The quantitative estimate of drug-likeness (QED) is 0.627. The number of aromatic amines is 1. The van der Waals surface area contributed by atoms with E-state index >= 15 is 0 Å². The molecule has 74 valence electrons. The molecule has 13 heavy (non-hydrogen) atoms. The molecule has 0 bridgehead atoms. The summed E-state index contributed by atoms with van der Waals surface area (Å²) in [5.41, 5.74) is 1.31. The Labute approximate surface area is 79.5 Å². The summed E-state index contributed by atoms with van der Waals surface area (Å²) in [4.78, 5) is 3.03. The zero-order valence-electron chi connectivity index (χ0n) is 8.18. The van der Waals surface area contributed by atoms with Gasteiger partial charge >= 0.3 is 0 Å². The lowest BCUT2D eigenvalue weighted by Crippen LogP contribution is -2.14. The first-order chi connectivity index (χ1) is 6.43. The van der Waals surface area contributed by atoms with Crippen LogP contribution in [0, 0.1) is 0 Å². The molecule has 0 amide bonds. The molecule has 1 aromatic heterocycles. The lowest BCUT2D eigenvalue weighted by atomic mass is 10.3. The summed E-state index contributed by atoms with van der Waals surface area (Å²) in [7, 11) is 1.74. The minimum absolute atomic E-state index is 0.867.